The standard InChI is InChI=1S/C17H13NO2/c1-20-17(19)15-11-13-9-5-6-10-14(13)16(18-15)12-7-3-2-4-8-12/h2-11H,1H3. The Morgan fingerprint density at radius 2 is 1.70 bits per heavy atom. The van der Waals surface area contributed by atoms with Gasteiger partial charge in [0.15, 0.2) is 0 Å². The molecule has 3 heteroatoms. The van der Waals surface area contributed by atoms with Gasteiger partial charge in [0, 0.05) is 10.9 Å². The van der Waals surface area contributed by atoms with Crippen molar-refractivity contribution in [3.8, 4) is 11.3 Å². The summed E-state index contributed by atoms with van der Waals surface area (Å²) in [7, 11) is 1.36. The maximum absolute atomic E-state index is 11.8. The molecule has 0 spiro atoms. The molecule has 98 valence electrons. The Morgan fingerprint density at radius 3 is 2.45 bits per heavy atom. The summed E-state index contributed by atoms with van der Waals surface area (Å²) in [5, 5.41) is 1.99. The molecule has 0 aliphatic rings. The predicted molar refractivity (Wildman–Crippen MR) is 78.5 cm³/mol. The summed E-state index contributed by atoms with van der Waals surface area (Å²) in [4.78, 5) is 16.2. The Morgan fingerprint density at radius 1 is 1.00 bits per heavy atom. The Bertz CT molecular complexity index is 766. The summed E-state index contributed by atoms with van der Waals surface area (Å²) < 4.78 is 4.77. The van der Waals surface area contributed by atoms with Gasteiger partial charge in [-0.05, 0) is 11.5 Å². The average Bonchev–Trinajstić information content (AvgIpc) is 2.54. The summed E-state index contributed by atoms with van der Waals surface area (Å²) in [6, 6.07) is 19.5. The first kappa shape index (κ1) is 12.4. The zero-order valence-corrected chi connectivity index (χ0v) is 11.0. The van der Waals surface area contributed by atoms with Crippen LogP contribution in [0.15, 0.2) is 60.7 Å². The van der Waals surface area contributed by atoms with Crippen molar-refractivity contribution in [2.24, 2.45) is 0 Å². The molecule has 1 aromatic heterocycles. The van der Waals surface area contributed by atoms with Crippen molar-refractivity contribution in [3.05, 3.63) is 66.4 Å². The van der Waals surface area contributed by atoms with E-state index in [-0.39, 0.29) is 0 Å². The molecule has 3 rings (SSSR count). The van der Waals surface area contributed by atoms with Crippen molar-refractivity contribution in [1.29, 1.82) is 0 Å². The van der Waals surface area contributed by atoms with E-state index < -0.39 is 5.97 Å². The maximum atomic E-state index is 11.8. The molecule has 0 saturated heterocycles. The first-order valence-electron chi connectivity index (χ1n) is 6.33. The van der Waals surface area contributed by atoms with Crippen molar-refractivity contribution < 1.29 is 9.53 Å². The van der Waals surface area contributed by atoms with Gasteiger partial charge in [0.1, 0.15) is 5.69 Å². The summed E-state index contributed by atoms with van der Waals surface area (Å²) in [6.07, 6.45) is 0. The number of esters is 1. The highest BCUT2D eigenvalue weighted by Gasteiger charge is 2.13. The highest BCUT2D eigenvalue weighted by molar-refractivity contribution is 5.99. The fraction of sp³-hybridized carbons (Fsp3) is 0.0588. The second-order valence-corrected chi connectivity index (χ2v) is 4.43. The van der Waals surface area contributed by atoms with E-state index in [9.17, 15) is 4.79 Å². The van der Waals surface area contributed by atoms with E-state index in [0.717, 1.165) is 22.0 Å². The van der Waals surface area contributed by atoms with E-state index in [1.807, 2.05) is 54.6 Å². The molecule has 0 atom stereocenters. The summed E-state index contributed by atoms with van der Waals surface area (Å²) in [6.45, 7) is 0. The molecule has 0 saturated carbocycles. The van der Waals surface area contributed by atoms with E-state index in [1.54, 1.807) is 6.07 Å². The molecular formula is C17H13NO2. The number of ether oxygens (including phenoxy) is 1. The number of hydrogen-bond donors (Lipinski definition) is 0. The van der Waals surface area contributed by atoms with Crippen LogP contribution < -0.4 is 0 Å². The number of fused-ring (bicyclic) bond motifs is 1. The second-order valence-electron chi connectivity index (χ2n) is 4.43. The molecular weight excluding hydrogens is 250 g/mol. The number of hydrogen-bond acceptors (Lipinski definition) is 3. The van der Waals surface area contributed by atoms with Crippen molar-refractivity contribution in [2.75, 3.05) is 7.11 Å². The van der Waals surface area contributed by atoms with Crippen LogP contribution in [0.2, 0.25) is 0 Å². The Kier molecular flexibility index (Phi) is 3.17. The number of methoxy groups -OCH3 is 1. The molecule has 0 radical (unpaired) electrons. The molecule has 0 aliphatic heterocycles. The third kappa shape index (κ3) is 2.14. The molecule has 3 aromatic rings. The third-order valence-electron chi connectivity index (χ3n) is 3.18. The third-order valence-corrected chi connectivity index (χ3v) is 3.18. The zero-order chi connectivity index (χ0) is 13.9. The van der Waals surface area contributed by atoms with Gasteiger partial charge < -0.3 is 4.74 Å². The lowest BCUT2D eigenvalue weighted by Gasteiger charge is -2.08. The SMILES string of the molecule is COC(=O)c1cc2ccccc2c(-c2ccccc2)n1. The van der Waals surface area contributed by atoms with Gasteiger partial charge in [-0.2, -0.15) is 0 Å². The minimum atomic E-state index is -0.423. The van der Waals surface area contributed by atoms with Crippen LogP contribution in [0.5, 0.6) is 0 Å². The van der Waals surface area contributed by atoms with Crippen LogP contribution in [0.4, 0.5) is 0 Å². The normalized spacial score (nSPS) is 10.4. The van der Waals surface area contributed by atoms with E-state index in [0.29, 0.717) is 5.69 Å². The number of rotatable bonds is 2. The minimum absolute atomic E-state index is 0.324. The smallest absolute Gasteiger partial charge is 0.356 e. The van der Waals surface area contributed by atoms with E-state index >= 15 is 0 Å². The van der Waals surface area contributed by atoms with Crippen LogP contribution in [0.1, 0.15) is 10.5 Å². The Balaban J connectivity index is 2.31. The first-order chi connectivity index (χ1) is 9.79. The van der Waals surface area contributed by atoms with E-state index in [4.69, 9.17) is 4.74 Å². The molecule has 0 fully saturated rings. The van der Waals surface area contributed by atoms with Gasteiger partial charge in [0.25, 0.3) is 0 Å². The van der Waals surface area contributed by atoms with Crippen LogP contribution in [0, 0.1) is 0 Å². The first-order valence-corrected chi connectivity index (χ1v) is 6.33. The highest BCUT2D eigenvalue weighted by atomic mass is 16.5. The van der Waals surface area contributed by atoms with Gasteiger partial charge in [0.05, 0.1) is 12.8 Å². The van der Waals surface area contributed by atoms with Crippen molar-refractivity contribution >= 4 is 16.7 Å². The maximum Gasteiger partial charge on any atom is 0.356 e. The minimum Gasteiger partial charge on any atom is -0.464 e. The fourth-order valence-electron chi connectivity index (χ4n) is 2.22. The van der Waals surface area contributed by atoms with Crippen LogP contribution in [-0.4, -0.2) is 18.1 Å². The van der Waals surface area contributed by atoms with Crippen molar-refractivity contribution in [2.45, 2.75) is 0 Å². The molecule has 0 aliphatic carbocycles. The van der Waals surface area contributed by atoms with Crippen LogP contribution in [0.25, 0.3) is 22.0 Å². The van der Waals surface area contributed by atoms with Crippen LogP contribution >= 0.6 is 0 Å². The molecule has 0 unspecified atom stereocenters. The van der Waals surface area contributed by atoms with Crippen molar-refractivity contribution in [1.82, 2.24) is 4.98 Å². The van der Waals surface area contributed by atoms with Crippen LogP contribution in [-0.2, 0) is 4.74 Å². The van der Waals surface area contributed by atoms with Gasteiger partial charge in [-0.15, -0.1) is 0 Å². The monoisotopic (exact) mass is 263 g/mol. The van der Waals surface area contributed by atoms with Gasteiger partial charge in [0.2, 0.25) is 0 Å². The number of pyridine rings is 1. The summed E-state index contributed by atoms with van der Waals surface area (Å²) in [5.41, 5.74) is 2.10. The quantitative estimate of drug-likeness (QED) is 0.662. The number of nitrogens with zero attached hydrogens (tertiary/aromatic N) is 1. The number of aromatic nitrogens is 1. The fourth-order valence-corrected chi connectivity index (χ4v) is 2.22. The number of carbonyl (C=O) groups excluding carboxylic acids is 1. The van der Waals surface area contributed by atoms with Crippen LogP contribution in [0.3, 0.4) is 0 Å². The summed E-state index contributed by atoms with van der Waals surface area (Å²) >= 11 is 0. The molecule has 20 heavy (non-hydrogen) atoms. The number of carbonyl (C=O) groups is 1. The molecule has 0 N–H and O–H groups in total. The highest BCUT2D eigenvalue weighted by Crippen LogP contribution is 2.27. The Hall–Kier alpha value is -2.68. The van der Waals surface area contributed by atoms with Crippen molar-refractivity contribution in [3.63, 3.8) is 0 Å². The molecule has 2 aromatic carbocycles. The summed E-state index contributed by atoms with van der Waals surface area (Å²) in [5.74, 6) is -0.423. The number of benzene rings is 2. The zero-order valence-electron chi connectivity index (χ0n) is 11.0. The van der Waals surface area contributed by atoms with E-state index in [1.165, 1.54) is 7.11 Å². The Labute approximate surface area is 116 Å². The molecule has 3 nitrogen and oxygen atoms in total. The second kappa shape index (κ2) is 5.13. The molecule has 0 amide bonds. The van der Waals surface area contributed by atoms with Gasteiger partial charge in [-0.25, -0.2) is 9.78 Å². The lowest BCUT2D eigenvalue weighted by atomic mass is 10.0. The van der Waals surface area contributed by atoms with E-state index in [2.05, 4.69) is 4.98 Å². The predicted octanol–water partition coefficient (Wildman–Crippen LogP) is 3.69. The largest absolute Gasteiger partial charge is 0.464 e. The lowest BCUT2D eigenvalue weighted by Crippen LogP contribution is -2.05. The van der Waals surface area contributed by atoms with Gasteiger partial charge in [-0.3, -0.25) is 0 Å². The average molecular weight is 263 g/mol. The van der Waals surface area contributed by atoms with Gasteiger partial charge in [-0.1, -0.05) is 54.6 Å². The lowest BCUT2D eigenvalue weighted by molar-refractivity contribution is 0.0594. The molecule has 1 heterocycles. The molecule has 0 bridgehead atoms. The topological polar surface area (TPSA) is 39.2 Å². The van der Waals surface area contributed by atoms with Gasteiger partial charge >= 0.3 is 5.97 Å².